The Labute approximate surface area is 116 Å². The van der Waals surface area contributed by atoms with Gasteiger partial charge in [-0.2, -0.15) is 0 Å². The fraction of sp³-hybridized carbons (Fsp3) is 0.357. The van der Waals surface area contributed by atoms with E-state index in [-0.39, 0.29) is 0 Å². The normalized spacial score (nSPS) is 12.6. The van der Waals surface area contributed by atoms with E-state index >= 15 is 0 Å². The van der Waals surface area contributed by atoms with E-state index in [0.717, 1.165) is 24.9 Å². The van der Waals surface area contributed by atoms with Gasteiger partial charge in [0.05, 0.1) is 6.04 Å². The van der Waals surface area contributed by atoms with Gasteiger partial charge in [0, 0.05) is 31.4 Å². The number of hydrazine groups is 1. The molecule has 0 fully saturated rings. The fourth-order valence-electron chi connectivity index (χ4n) is 2.21. The van der Waals surface area contributed by atoms with Crippen molar-refractivity contribution >= 4 is 0 Å². The molecule has 0 aliphatic heterocycles. The van der Waals surface area contributed by atoms with Crippen molar-refractivity contribution in [3.63, 3.8) is 0 Å². The highest BCUT2D eigenvalue weighted by Crippen LogP contribution is 2.19. The minimum atomic E-state index is -0.614. The first kappa shape index (κ1) is 14.6. The molecule has 108 valence electrons. The van der Waals surface area contributed by atoms with Crippen molar-refractivity contribution in [3.8, 4) is 0 Å². The molecule has 0 aliphatic carbocycles. The number of nitrogens with one attached hydrogen (secondary N) is 1. The lowest BCUT2D eigenvalue weighted by molar-refractivity contribution is 0.506. The molecule has 3 N–H and O–H groups in total. The molecule has 2 rings (SSSR count). The molecule has 0 radical (unpaired) electrons. The van der Waals surface area contributed by atoms with E-state index < -0.39 is 17.7 Å². The second kappa shape index (κ2) is 6.58. The molecular weight excluding hydrogens is 262 g/mol. The smallest absolute Gasteiger partial charge is 0.126 e. The summed E-state index contributed by atoms with van der Waals surface area (Å²) in [6.07, 6.45) is 5.05. The SMILES string of the molecule is CCCn1ccnc1CC(NN)c1cc(F)cc(F)c1. The summed E-state index contributed by atoms with van der Waals surface area (Å²) in [4.78, 5) is 4.27. The molecule has 0 aliphatic rings. The lowest BCUT2D eigenvalue weighted by Crippen LogP contribution is -2.30. The van der Waals surface area contributed by atoms with Crippen LogP contribution in [0, 0.1) is 11.6 Å². The van der Waals surface area contributed by atoms with Crippen molar-refractivity contribution in [2.24, 2.45) is 5.84 Å². The highest BCUT2D eigenvalue weighted by Gasteiger charge is 2.15. The molecule has 20 heavy (non-hydrogen) atoms. The van der Waals surface area contributed by atoms with Gasteiger partial charge in [-0.1, -0.05) is 6.92 Å². The molecule has 1 unspecified atom stereocenters. The Morgan fingerprint density at radius 2 is 2.00 bits per heavy atom. The second-order valence-corrected chi connectivity index (χ2v) is 4.66. The number of hydrogen-bond acceptors (Lipinski definition) is 3. The Morgan fingerprint density at radius 1 is 1.30 bits per heavy atom. The Balaban J connectivity index is 2.22. The highest BCUT2D eigenvalue weighted by atomic mass is 19.1. The summed E-state index contributed by atoms with van der Waals surface area (Å²) < 4.78 is 28.6. The molecule has 4 nitrogen and oxygen atoms in total. The van der Waals surface area contributed by atoms with Crippen LogP contribution in [-0.2, 0) is 13.0 Å². The van der Waals surface area contributed by atoms with Crippen LogP contribution in [0.2, 0.25) is 0 Å². The third-order valence-corrected chi connectivity index (χ3v) is 3.14. The molecule has 0 saturated carbocycles. The van der Waals surface area contributed by atoms with Crippen LogP contribution in [-0.4, -0.2) is 9.55 Å². The monoisotopic (exact) mass is 280 g/mol. The first-order valence-electron chi connectivity index (χ1n) is 6.56. The Bertz CT molecular complexity index is 548. The summed E-state index contributed by atoms with van der Waals surface area (Å²) in [7, 11) is 0. The molecule has 1 atom stereocenters. The largest absolute Gasteiger partial charge is 0.335 e. The van der Waals surface area contributed by atoms with Crippen LogP contribution in [0.25, 0.3) is 0 Å². The van der Waals surface area contributed by atoms with E-state index in [4.69, 9.17) is 5.84 Å². The zero-order valence-corrected chi connectivity index (χ0v) is 11.3. The maximum Gasteiger partial charge on any atom is 0.126 e. The van der Waals surface area contributed by atoms with Crippen LogP contribution < -0.4 is 11.3 Å². The Hall–Kier alpha value is -1.79. The lowest BCUT2D eigenvalue weighted by atomic mass is 10.0. The minimum absolute atomic E-state index is 0.391. The maximum absolute atomic E-state index is 13.3. The number of benzene rings is 1. The van der Waals surface area contributed by atoms with E-state index in [9.17, 15) is 8.78 Å². The van der Waals surface area contributed by atoms with Crippen LogP contribution in [0.15, 0.2) is 30.6 Å². The van der Waals surface area contributed by atoms with E-state index in [1.165, 1.54) is 12.1 Å². The van der Waals surface area contributed by atoms with Crippen molar-refractivity contribution < 1.29 is 8.78 Å². The molecular formula is C14H18F2N4. The first-order chi connectivity index (χ1) is 9.63. The fourth-order valence-corrected chi connectivity index (χ4v) is 2.21. The summed E-state index contributed by atoms with van der Waals surface area (Å²) in [5.41, 5.74) is 3.06. The van der Waals surface area contributed by atoms with Crippen LogP contribution in [0.1, 0.15) is 30.8 Å². The molecule has 0 saturated heterocycles. The minimum Gasteiger partial charge on any atom is -0.335 e. The Morgan fingerprint density at radius 3 is 2.60 bits per heavy atom. The van der Waals surface area contributed by atoms with Gasteiger partial charge in [0.1, 0.15) is 17.5 Å². The van der Waals surface area contributed by atoms with E-state index in [1.54, 1.807) is 6.20 Å². The molecule has 2 aromatic rings. The van der Waals surface area contributed by atoms with Gasteiger partial charge in [0.25, 0.3) is 0 Å². The zero-order valence-electron chi connectivity index (χ0n) is 11.3. The number of aryl methyl sites for hydroxylation is 1. The van der Waals surface area contributed by atoms with Crippen LogP contribution in [0.5, 0.6) is 0 Å². The Kier molecular flexibility index (Phi) is 4.81. The van der Waals surface area contributed by atoms with Crippen molar-refractivity contribution in [2.75, 3.05) is 0 Å². The second-order valence-electron chi connectivity index (χ2n) is 4.66. The predicted octanol–water partition coefficient (Wildman–Crippen LogP) is 2.32. The van der Waals surface area contributed by atoms with Crippen LogP contribution >= 0.6 is 0 Å². The van der Waals surface area contributed by atoms with Gasteiger partial charge in [0.2, 0.25) is 0 Å². The highest BCUT2D eigenvalue weighted by molar-refractivity contribution is 5.22. The van der Waals surface area contributed by atoms with Crippen molar-refractivity contribution in [1.82, 2.24) is 15.0 Å². The standard InChI is InChI=1S/C14H18F2N4/c1-2-4-20-5-3-18-14(20)9-13(19-17)10-6-11(15)8-12(16)7-10/h3,5-8,13,19H,2,4,9,17H2,1H3. The van der Waals surface area contributed by atoms with E-state index in [0.29, 0.717) is 12.0 Å². The molecule has 0 amide bonds. The molecule has 0 bridgehead atoms. The molecule has 1 aromatic heterocycles. The number of rotatable bonds is 6. The number of aromatic nitrogens is 2. The average molecular weight is 280 g/mol. The molecule has 1 heterocycles. The first-order valence-corrected chi connectivity index (χ1v) is 6.56. The summed E-state index contributed by atoms with van der Waals surface area (Å²) in [5, 5.41) is 0. The predicted molar refractivity (Wildman–Crippen MR) is 72.6 cm³/mol. The van der Waals surface area contributed by atoms with Gasteiger partial charge < -0.3 is 4.57 Å². The van der Waals surface area contributed by atoms with Crippen LogP contribution in [0.4, 0.5) is 8.78 Å². The van der Waals surface area contributed by atoms with Gasteiger partial charge in [-0.05, 0) is 24.1 Å². The maximum atomic E-state index is 13.3. The van der Waals surface area contributed by atoms with Gasteiger partial charge in [-0.3, -0.25) is 11.3 Å². The van der Waals surface area contributed by atoms with Gasteiger partial charge in [-0.15, -0.1) is 0 Å². The zero-order chi connectivity index (χ0) is 14.5. The lowest BCUT2D eigenvalue weighted by Gasteiger charge is -2.17. The number of nitrogens with two attached hydrogens (primary N) is 1. The van der Waals surface area contributed by atoms with Gasteiger partial charge >= 0.3 is 0 Å². The summed E-state index contributed by atoms with van der Waals surface area (Å²) in [6.45, 7) is 2.93. The van der Waals surface area contributed by atoms with E-state index in [2.05, 4.69) is 17.3 Å². The molecule has 0 spiro atoms. The quantitative estimate of drug-likeness (QED) is 0.630. The number of imidazole rings is 1. The summed E-state index contributed by atoms with van der Waals surface area (Å²) in [5.74, 6) is 5.12. The van der Waals surface area contributed by atoms with Crippen molar-refractivity contribution in [2.45, 2.75) is 32.4 Å². The van der Waals surface area contributed by atoms with Crippen LogP contribution in [0.3, 0.4) is 0 Å². The number of hydrogen-bond donors (Lipinski definition) is 2. The van der Waals surface area contributed by atoms with Crippen molar-refractivity contribution in [3.05, 3.63) is 53.6 Å². The molecule has 6 heteroatoms. The number of nitrogens with zero attached hydrogens (tertiary/aromatic N) is 2. The molecule has 1 aromatic carbocycles. The van der Waals surface area contributed by atoms with E-state index in [1.807, 2.05) is 10.8 Å². The third kappa shape index (κ3) is 3.40. The number of halogens is 2. The summed E-state index contributed by atoms with van der Waals surface area (Å²) in [6, 6.07) is 3.01. The third-order valence-electron chi connectivity index (χ3n) is 3.14. The van der Waals surface area contributed by atoms with Gasteiger partial charge in [0.15, 0.2) is 0 Å². The summed E-state index contributed by atoms with van der Waals surface area (Å²) >= 11 is 0. The topological polar surface area (TPSA) is 55.9 Å². The van der Waals surface area contributed by atoms with Crippen molar-refractivity contribution in [1.29, 1.82) is 0 Å². The van der Waals surface area contributed by atoms with Gasteiger partial charge in [-0.25, -0.2) is 13.8 Å². The average Bonchev–Trinajstić information content (AvgIpc) is 2.82.